The number of ether oxygens (including phenoxy) is 1. The second-order valence-electron chi connectivity index (χ2n) is 19.7. The molecule has 1 unspecified atom stereocenters. The van der Waals surface area contributed by atoms with E-state index < -0.39 is 54.2 Å². The highest BCUT2D eigenvalue weighted by atomic mass is 31.1. The number of carbonyl (C=O) groups is 1. The van der Waals surface area contributed by atoms with Gasteiger partial charge < -0.3 is 28.9 Å². The topological polar surface area (TPSA) is 183 Å². The van der Waals surface area contributed by atoms with E-state index in [0.29, 0.717) is 5.56 Å². The summed E-state index contributed by atoms with van der Waals surface area (Å²) in [5.74, 6) is -1.31. The summed E-state index contributed by atoms with van der Waals surface area (Å²) < 4.78 is 40.6. The number of aromatic nitrogens is 4. The van der Waals surface area contributed by atoms with Crippen LogP contribution in [0.15, 0.2) is 109 Å². The number of imidazole rings is 1. The molecule has 66 heavy (non-hydrogen) atoms. The molecule has 0 aliphatic carbocycles. The maximum absolute atomic E-state index is 13.1. The highest BCUT2D eigenvalue weighted by molar-refractivity contribution is 7.32. The van der Waals surface area contributed by atoms with Crippen LogP contribution in [-0.2, 0) is 22.7 Å². The van der Waals surface area contributed by atoms with Crippen LogP contribution in [0.4, 0.5) is 5.82 Å². The van der Waals surface area contributed by atoms with Gasteiger partial charge in [-0.15, -0.1) is 4.89 Å². The predicted octanol–water partition coefficient (Wildman–Crippen LogP) is 7.96. The molecule has 18 heteroatoms. The van der Waals surface area contributed by atoms with Crippen molar-refractivity contribution in [1.29, 1.82) is 0 Å². The molecule has 2 fully saturated rings. The molecule has 3 aliphatic heterocycles. The summed E-state index contributed by atoms with van der Waals surface area (Å²) in [6, 6.07) is 28.7. The largest absolute Gasteiger partial charge is 0.697 e. The van der Waals surface area contributed by atoms with Crippen LogP contribution in [0.2, 0.25) is 23.2 Å². The van der Waals surface area contributed by atoms with Crippen LogP contribution in [-0.4, -0.2) is 107 Å². The van der Waals surface area contributed by atoms with Gasteiger partial charge in [-0.05, 0) is 64.9 Å². The lowest BCUT2D eigenvalue weighted by Crippen LogP contribution is -2.67. The molecule has 3 aromatic carbocycles. The first-order chi connectivity index (χ1) is 31.4. The molecule has 15 nitrogen and oxygen atoms in total. The van der Waals surface area contributed by atoms with E-state index in [1.54, 1.807) is 28.8 Å². The second kappa shape index (κ2) is 20.4. The zero-order chi connectivity index (χ0) is 47.3. The number of carbonyl (C=O) groups excluding carboxylic acids is 1. The molecule has 2 aromatic heterocycles. The number of amidine groups is 1. The first-order valence-corrected chi connectivity index (χ1v) is 28.8. The van der Waals surface area contributed by atoms with Crippen LogP contribution >= 0.6 is 8.25 Å². The van der Waals surface area contributed by atoms with Gasteiger partial charge in [-0.25, -0.2) is 15.0 Å². The van der Waals surface area contributed by atoms with Crippen molar-refractivity contribution in [3.8, 4) is 0 Å². The van der Waals surface area contributed by atoms with Crippen LogP contribution < -0.4 is 15.7 Å². The van der Waals surface area contributed by atoms with Crippen molar-refractivity contribution in [3.05, 3.63) is 109 Å². The first kappa shape index (κ1) is 49.4. The zero-order valence-electron chi connectivity index (χ0n) is 39.4. The maximum Gasteiger partial charge on any atom is 0.697 e. The Morgan fingerprint density at radius 3 is 2.09 bits per heavy atom. The van der Waals surface area contributed by atoms with E-state index in [-0.39, 0.29) is 34.5 Å². The molecule has 5 heterocycles. The molecule has 3 N–H and O–H groups in total. The van der Waals surface area contributed by atoms with E-state index in [2.05, 4.69) is 50.9 Å². The van der Waals surface area contributed by atoms with Gasteiger partial charge in [-0.3, -0.25) is 14.4 Å². The number of hydrogen-bond acceptors (Lipinski definition) is 12. The highest BCUT2D eigenvalue weighted by Gasteiger charge is 2.66. The minimum Gasteiger partial charge on any atom is -0.405 e. The van der Waals surface area contributed by atoms with Gasteiger partial charge >= 0.3 is 8.25 Å². The quantitative estimate of drug-likeness (QED) is 0.0624. The van der Waals surface area contributed by atoms with Crippen molar-refractivity contribution in [2.75, 3.05) is 31.6 Å². The van der Waals surface area contributed by atoms with Crippen LogP contribution in [0.5, 0.6) is 0 Å². The van der Waals surface area contributed by atoms with E-state index >= 15 is 0 Å². The Hall–Kier alpha value is -4.56. The summed E-state index contributed by atoms with van der Waals surface area (Å²) in [6.45, 7) is 19.9. The van der Waals surface area contributed by atoms with E-state index in [0.717, 1.165) is 16.9 Å². The lowest BCUT2D eigenvalue weighted by Gasteiger charge is -2.44. The predicted molar refractivity (Wildman–Crippen MR) is 262 cm³/mol. The Morgan fingerprint density at radius 2 is 1.48 bits per heavy atom. The summed E-state index contributed by atoms with van der Waals surface area (Å²) in [5.41, 5.74) is 0.947. The number of hydrogen-bond donors (Lipinski definition) is 3. The fourth-order valence-corrected chi connectivity index (χ4v) is 15.1. The van der Waals surface area contributed by atoms with Crippen LogP contribution in [0.3, 0.4) is 0 Å². The van der Waals surface area contributed by atoms with Gasteiger partial charge in [-0.1, -0.05) is 131 Å². The number of nitrogens with one attached hydrogen (secondary N) is 1. The maximum atomic E-state index is 13.1. The van der Waals surface area contributed by atoms with Crippen molar-refractivity contribution >= 4 is 64.0 Å². The highest BCUT2D eigenvalue weighted by Crippen LogP contribution is 2.49. The molecule has 5 aromatic rings. The fourth-order valence-electron chi connectivity index (χ4n) is 8.77. The van der Waals surface area contributed by atoms with E-state index in [9.17, 15) is 19.4 Å². The van der Waals surface area contributed by atoms with Crippen molar-refractivity contribution in [2.45, 2.75) is 121 Å². The number of benzene rings is 3. The van der Waals surface area contributed by atoms with Crippen LogP contribution in [0.25, 0.3) is 11.2 Å². The van der Waals surface area contributed by atoms with Crippen molar-refractivity contribution in [3.63, 3.8) is 0 Å². The summed E-state index contributed by atoms with van der Waals surface area (Å²) in [7, 11) is -9.34. The van der Waals surface area contributed by atoms with Gasteiger partial charge in [-0.2, -0.15) is 0 Å². The summed E-state index contributed by atoms with van der Waals surface area (Å²) >= 11 is 0. The molecule has 8 rings (SSSR count). The molecular weight excluding hydrogens is 890 g/mol. The van der Waals surface area contributed by atoms with Gasteiger partial charge in [0.1, 0.15) is 12.4 Å². The standard InChI is InChI=1S/C39H48N5O8PSi2.C9H16N2/c1-37(2,3)54(7,8)51-32-36(44-26-42-31-33(40-25-41-34(31)44)43-35(45)27-18-12-9-13-19-27)50-30(39(32,46)52-53(47)48)24-49-55(38(4,5)6,28-20-14-10-15-21-28)29-22-16-11-17-23-29;1-2-5-9-10-6-4-8-11(9)7-3-1/h9-23,25-26,30,32,36,46H,24H2,1-8H3,(H-,40,41,43,45,47,48);1-8H2/p+1/t30-,32+,36-,39+;/m1./s1. The third-order valence-electron chi connectivity index (χ3n) is 13.2. The van der Waals surface area contributed by atoms with Gasteiger partial charge in [0.05, 0.1) is 18.8 Å². The monoisotopic (exact) mass is 954 g/mol. The number of amides is 1. The molecule has 2 saturated heterocycles. The number of anilines is 1. The number of fused-ring (bicyclic) bond motifs is 2. The van der Waals surface area contributed by atoms with Crippen LogP contribution in [0, 0.1) is 0 Å². The third-order valence-corrected chi connectivity index (χ3v) is 23.1. The molecule has 0 radical (unpaired) electrons. The fraction of sp³-hybridized carbons (Fsp3) is 0.479. The Morgan fingerprint density at radius 1 is 0.864 bits per heavy atom. The van der Waals surface area contributed by atoms with Gasteiger partial charge in [0.2, 0.25) is 0 Å². The van der Waals surface area contributed by atoms with Crippen LogP contribution in [0.1, 0.15) is 90.2 Å². The lowest BCUT2D eigenvalue weighted by atomic mass is 10.1. The second-order valence-corrected chi connectivity index (χ2v) is 29.4. The average Bonchev–Trinajstić information content (AvgIpc) is 3.71. The molecule has 0 saturated carbocycles. The minimum atomic E-state index is -3.37. The molecule has 3 aliphatic rings. The van der Waals surface area contributed by atoms with Crippen molar-refractivity contribution in [1.82, 2.24) is 24.4 Å². The summed E-state index contributed by atoms with van der Waals surface area (Å²) in [6.07, 6.45) is 5.50. The van der Waals surface area contributed by atoms with E-state index in [1.807, 2.05) is 101 Å². The first-order valence-electron chi connectivity index (χ1n) is 22.8. The Balaban J connectivity index is 0.000000511. The Bertz CT molecular complexity index is 2430. The average molecular weight is 955 g/mol. The van der Waals surface area contributed by atoms with Gasteiger partial charge in [0, 0.05) is 36.2 Å². The smallest absolute Gasteiger partial charge is 0.405 e. The molecule has 0 bridgehead atoms. The number of aliphatic imine (C=N–C) groups is 1. The molecule has 0 spiro atoms. The van der Waals surface area contributed by atoms with Crippen molar-refractivity contribution < 1.29 is 37.5 Å². The van der Waals surface area contributed by atoms with E-state index in [4.69, 9.17) is 18.1 Å². The summed E-state index contributed by atoms with van der Waals surface area (Å²) in [4.78, 5) is 43.8. The SMILES string of the molecule is C1CCC2=NCCCN2CC1.CC(C)(C)[Si](C)(C)O[C@H]1[C@H](n2cnc3c(NC(=O)c4ccccc4)ncnc32)O[C@H](CO[Si](c2ccccc2)(c2ccccc2)C(C)(C)C)[C@]1(O)O[P+](=O)O. The van der Waals surface area contributed by atoms with Gasteiger partial charge in [0.25, 0.3) is 20.0 Å². The Labute approximate surface area is 391 Å². The molecular formula is C48H65N7O8PSi2+. The van der Waals surface area contributed by atoms with Crippen molar-refractivity contribution in [2.24, 2.45) is 4.99 Å². The minimum absolute atomic E-state index is 0.161. The molecule has 352 valence electrons. The normalized spacial score (nSPS) is 21.8. The molecule has 1 amide bonds. The zero-order valence-corrected chi connectivity index (χ0v) is 42.3. The van der Waals surface area contributed by atoms with Gasteiger partial charge in [0.15, 0.2) is 37.6 Å². The number of nitrogens with zero attached hydrogens (tertiary/aromatic N) is 6. The molecule has 5 atom stereocenters. The third kappa shape index (κ3) is 10.4. The van der Waals surface area contributed by atoms with E-state index in [1.165, 1.54) is 63.7 Å². The summed E-state index contributed by atoms with van der Waals surface area (Å²) in [5, 5.41) is 16.7. The lowest BCUT2D eigenvalue weighted by molar-refractivity contribution is -0.212. The Kier molecular flexibility index (Phi) is 15.2. The number of aliphatic hydroxyl groups is 1. The number of rotatable bonds is 12.